The average molecular weight is 417 g/mol. The van der Waals surface area contributed by atoms with Crippen LogP contribution in [0.5, 0.6) is 5.75 Å². The Balaban J connectivity index is 1.78. The topological polar surface area (TPSA) is 70.0 Å². The SMILES string of the molecule is CON=C(C(=O)OC)c1ccccc1OCc1csc(-c2ccc(Cl)cc2)n1. The lowest BCUT2D eigenvalue weighted by Crippen LogP contribution is -2.18. The van der Waals surface area contributed by atoms with Crippen molar-refractivity contribution >= 4 is 34.6 Å². The van der Waals surface area contributed by atoms with Gasteiger partial charge in [-0.15, -0.1) is 11.3 Å². The van der Waals surface area contributed by atoms with Crippen molar-refractivity contribution < 1.29 is 19.1 Å². The van der Waals surface area contributed by atoms with Crippen LogP contribution in [0.3, 0.4) is 0 Å². The number of hydrogen-bond donors (Lipinski definition) is 0. The van der Waals surface area contributed by atoms with Gasteiger partial charge >= 0.3 is 5.97 Å². The quantitative estimate of drug-likeness (QED) is 0.320. The van der Waals surface area contributed by atoms with Gasteiger partial charge in [-0.05, 0) is 24.3 Å². The molecule has 0 unspecified atom stereocenters. The van der Waals surface area contributed by atoms with E-state index in [-0.39, 0.29) is 12.3 Å². The molecule has 6 nitrogen and oxygen atoms in total. The van der Waals surface area contributed by atoms with Crippen molar-refractivity contribution in [2.75, 3.05) is 14.2 Å². The molecule has 0 fully saturated rings. The van der Waals surface area contributed by atoms with Crippen LogP contribution < -0.4 is 4.74 Å². The third-order valence-corrected chi connectivity index (χ3v) is 4.91. The molecule has 0 aliphatic rings. The zero-order chi connectivity index (χ0) is 19.9. The van der Waals surface area contributed by atoms with Gasteiger partial charge in [0.15, 0.2) is 5.71 Å². The number of thiazole rings is 1. The molecule has 0 saturated heterocycles. The summed E-state index contributed by atoms with van der Waals surface area (Å²) in [6.45, 7) is 0.239. The fourth-order valence-corrected chi connectivity index (χ4v) is 3.36. The summed E-state index contributed by atoms with van der Waals surface area (Å²) < 4.78 is 10.7. The molecule has 144 valence electrons. The second kappa shape index (κ2) is 9.34. The highest BCUT2D eigenvalue weighted by Crippen LogP contribution is 2.26. The summed E-state index contributed by atoms with van der Waals surface area (Å²) in [6, 6.07) is 14.5. The zero-order valence-electron chi connectivity index (χ0n) is 15.2. The number of halogens is 1. The van der Waals surface area contributed by atoms with E-state index in [1.807, 2.05) is 29.6 Å². The smallest absolute Gasteiger partial charge is 0.360 e. The van der Waals surface area contributed by atoms with Gasteiger partial charge in [0.2, 0.25) is 0 Å². The first kappa shape index (κ1) is 19.9. The molecule has 28 heavy (non-hydrogen) atoms. The minimum absolute atomic E-state index is 0.0285. The molecule has 0 amide bonds. The number of carbonyl (C=O) groups is 1. The molecule has 8 heteroatoms. The third kappa shape index (κ3) is 4.68. The third-order valence-electron chi connectivity index (χ3n) is 3.72. The van der Waals surface area contributed by atoms with Crippen LogP contribution in [0.2, 0.25) is 5.02 Å². The highest BCUT2D eigenvalue weighted by Gasteiger charge is 2.20. The molecule has 0 bridgehead atoms. The molecule has 3 rings (SSSR count). The monoisotopic (exact) mass is 416 g/mol. The van der Waals surface area contributed by atoms with Crippen molar-refractivity contribution in [3.05, 3.63) is 70.2 Å². The Morgan fingerprint density at radius 2 is 1.89 bits per heavy atom. The zero-order valence-corrected chi connectivity index (χ0v) is 16.8. The Kier molecular flexibility index (Phi) is 6.62. The molecule has 3 aromatic rings. The summed E-state index contributed by atoms with van der Waals surface area (Å²) in [5.41, 5.74) is 2.26. The van der Waals surface area contributed by atoms with E-state index in [9.17, 15) is 4.79 Å². The van der Waals surface area contributed by atoms with Crippen LogP contribution in [0.1, 0.15) is 11.3 Å². The van der Waals surface area contributed by atoms with Crippen molar-refractivity contribution in [2.24, 2.45) is 5.16 Å². The maximum atomic E-state index is 12.0. The first-order valence-corrected chi connectivity index (χ1v) is 9.50. The summed E-state index contributed by atoms with van der Waals surface area (Å²) in [6.07, 6.45) is 0. The molecular formula is C20H17ClN2O4S. The van der Waals surface area contributed by atoms with Crippen LogP contribution in [0.15, 0.2) is 59.1 Å². The first-order chi connectivity index (χ1) is 13.6. The van der Waals surface area contributed by atoms with Gasteiger partial charge in [0.25, 0.3) is 0 Å². The fraction of sp³-hybridized carbons (Fsp3) is 0.150. The summed E-state index contributed by atoms with van der Waals surface area (Å²) in [5, 5.41) is 7.25. The largest absolute Gasteiger partial charge is 0.487 e. The lowest BCUT2D eigenvalue weighted by Gasteiger charge is -2.11. The van der Waals surface area contributed by atoms with Crippen molar-refractivity contribution in [1.82, 2.24) is 4.98 Å². The van der Waals surface area contributed by atoms with Gasteiger partial charge in [-0.25, -0.2) is 9.78 Å². The summed E-state index contributed by atoms with van der Waals surface area (Å²) in [5.74, 6) is -0.138. The number of para-hydroxylation sites is 1. The lowest BCUT2D eigenvalue weighted by atomic mass is 10.1. The maximum absolute atomic E-state index is 12.0. The maximum Gasteiger partial charge on any atom is 0.360 e. The Morgan fingerprint density at radius 3 is 2.61 bits per heavy atom. The van der Waals surface area contributed by atoms with Crippen LogP contribution >= 0.6 is 22.9 Å². The van der Waals surface area contributed by atoms with Gasteiger partial charge in [0, 0.05) is 16.0 Å². The fourth-order valence-electron chi connectivity index (χ4n) is 2.42. The van der Waals surface area contributed by atoms with E-state index in [2.05, 4.69) is 10.1 Å². The molecule has 0 N–H and O–H groups in total. The van der Waals surface area contributed by atoms with E-state index >= 15 is 0 Å². The molecule has 1 heterocycles. The number of aromatic nitrogens is 1. The highest BCUT2D eigenvalue weighted by atomic mass is 35.5. The van der Waals surface area contributed by atoms with Gasteiger partial charge in [-0.2, -0.15) is 0 Å². The van der Waals surface area contributed by atoms with Gasteiger partial charge in [-0.1, -0.05) is 41.0 Å². The number of ether oxygens (including phenoxy) is 2. The van der Waals surface area contributed by atoms with Crippen LogP contribution in [-0.4, -0.2) is 30.9 Å². The summed E-state index contributed by atoms with van der Waals surface area (Å²) in [7, 11) is 2.64. The second-order valence-corrected chi connectivity index (χ2v) is 6.84. The molecule has 0 saturated carbocycles. The number of rotatable bonds is 7. The van der Waals surface area contributed by atoms with Crippen molar-refractivity contribution in [3.63, 3.8) is 0 Å². The molecule has 0 aliphatic heterocycles. The van der Waals surface area contributed by atoms with E-state index in [1.54, 1.807) is 24.3 Å². The van der Waals surface area contributed by atoms with Crippen LogP contribution in [0.4, 0.5) is 0 Å². The number of nitrogens with zero attached hydrogens (tertiary/aromatic N) is 2. The van der Waals surface area contributed by atoms with Crippen LogP contribution in [0.25, 0.3) is 10.6 Å². The Morgan fingerprint density at radius 1 is 1.14 bits per heavy atom. The van der Waals surface area contributed by atoms with Crippen molar-refractivity contribution in [3.8, 4) is 16.3 Å². The molecule has 2 aromatic carbocycles. The number of carbonyl (C=O) groups excluding carboxylic acids is 1. The standard InChI is InChI=1S/C20H17ClN2O4S/c1-25-20(24)18(23-26-2)16-5-3-4-6-17(16)27-11-15-12-28-19(22-15)13-7-9-14(21)10-8-13/h3-10,12H,11H2,1-2H3. The van der Waals surface area contributed by atoms with E-state index in [4.69, 9.17) is 25.9 Å². The Hall–Kier alpha value is -2.90. The molecule has 0 spiro atoms. The molecule has 0 aliphatic carbocycles. The molecular weight excluding hydrogens is 400 g/mol. The van der Waals surface area contributed by atoms with Gasteiger partial charge in [0.1, 0.15) is 24.5 Å². The second-order valence-electron chi connectivity index (χ2n) is 5.55. The normalized spacial score (nSPS) is 11.2. The van der Waals surface area contributed by atoms with E-state index < -0.39 is 5.97 Å². The highest BCUT2D eigenvalue weighted by molar-refractivity contribution is 7.13. The molecule has 1 aromatic heterocycles. The van der Waals surface area contributed by atoms with E-state index in [0.29, 0.717) is 16.3 Å². The van der Waals surface area contributed by atoms with E-state index in [0.717, 1.165) is 16.3 Å². The number of oxime groups is 1. The Bertz CT molecular complexity index is 986. The van der Waals surface area contributed by atoms with E-state index in [1.165, 1.54) is 25.6 Å². The number of methoxy groups -OCH3 is 1. The number of hydrogen-bond acceptors (Lipinski definition) is 7. The van der Waals surface area contributed by atoms with Gasteiger partial charge < -0.3 is 14.3 Å². The average Bonchev–Trinajstić information content (AvgIpc) is 3.20. The van der Waals surface area contributed by atoms with Gasteiger partial charge in [0.05, 0.1) is 18.4 Å². The summed E-state index contributed by atoms with van der Waals surface area (Å²) >= 11 is 7.45. The Labute approximate surface area is 171 Å². The predicted octanol–water partition coefficient (Wildman–Crippen LogP) is 4.57. The molecule has 0 radical (unpaired) electrons. The lowest BCUT2D eigenvalue weighted by molar-refractivity contribution is -0.132. The van der Waals surface area contributed by atoms with Crippen LogP contribution in [-0.2, 0) is 21.0 Å². The number of esters is 1. The van der Waals surface area contributed by atoms with Crippen molar-refractivity contribution in [2.45, 2.75) is 6.61 Å². The summed E-state index contributed by atoms with van der Waals surface area (Å²) in [4.78, 5) is 21.4. The minimum Gasteiger partial charge on any atom is -0.487 e. The minimum atomic E-state index is -0.614. The molecule has 0 atom stereocenters. The van der Waals surface area contributed by atoms with Gasteiger partial charge in [-0.3, -0.25) is 0 Å². The van der Waals surface area contributed by atoms with Crippen molar-refractivity contribution in [1.29, 1.82) is 0 Å². The number of benzene rings is 2. The first-order valence-electron chi connectivity index (χ1n) is 8.24. The van der Waals surface area contributed by atoms with Crippen LogP contribution in [0, 0.1) is 0 Å². The predicted molar refractivity (Wildman–Crippen MR) is 109 cm³/mol.